The van der Waals surface area contributed by atoms with Crippen LogP contribution in [0.2, 0.25) is 0 Å². The lowest BCUT2D eigenvalue weighted by molar-refractivity contribution is 0.287. The molecule has 0 aliphatic heterocycles. The molecule has 2 aliphatic rings. The van der Waals surface area contributed by atoms with Gasteiger partial charge in [0.05, 0.1) is 0 Å². The smallest absolute Gasteiger partial charge is 0.0101 e. The summed E-state index contributed by atoms with van der Waals surface area (Å²) < 4.78 is 0. The Hall–Kier alpha value is -0.820. The third-order valence-electron chi connectivity index (χ3n) is 5.78. The zero-order valence-electron chi connectivity index (χ0n) is 13.9. The quantitative estimate of drug-likeness (QED) is 0.812. The van der Waals surface area contributed by atoms with Gasteiger partial charge in [-0.2, -0.15) is 0 Å². The van der Waals surface area contributed by atoms with Crippen molar-refractivity contribution in [2.24, 2.45) is 11.3 Å². The van der Waals surface area contributed by atoms with Crippen molar-refractivity contribution in [2.45, 2.75) is 77.3 Å². The fourth-order valence-corrected chi connectivity index (χ4v) is 4.74. The van der Waals surface area contributed by atoms with E-state index in [9.17, 15) is 0 Å². The van der Waals surface area contributed by atoms with Crippen molar-refractivity contribution in [3.05, 3.63) is 35.9 Å². The molecule has 0 amide bonds. The van der Waals surface area contributed by atoms with Gasteiger partial charge in [-0.15, -0.1) is 0 Å². The van der Waals surface area contributed by atoms with Gasteiger partial charge in [-0.3, -0.25) is 0 Å². The van der Waals surface area contributed by atoms with Crippen LogP contribution in [0.5, 0.6) is 0 Å². The fraction of sp³-hybridized carbons (Fsp3) is 0.700. The molecular weight excluding hydrogens is 254 g/mol. The second kappa shape index (κ2) is 6.12. The summed E-state index contributed by atoms with van der Waals surface area (Å²) in [6.07, 6.45) is 8.14. The van der Waals surface area contributed by atoms with E-state index >= 15 is 0 Å². The van der Waals surface area contributed by atoms with Crippen LogP contribution in [0, 0.1) is 11.3 Å². The Kier molecular flexibility index (Phi) is 4.40. The van der Waals surface area contributed by atoms with Crippen LogP contribution in [-0.2, 0) is 0 Å². The normalized spacial score (nSPS) is 35.8. The molecule has 0 radical (unpaired) electrons. The average molecular weight is 285 g/mol. The van der Waals surface area contributed by atoms with Crippen molar-refractivity contribution < 1.29 is 0 Å². The maximum absolute atomic E-state index is 4.00. The minimum atomic E-state index is 0.540. The van der Waals surface area contributed by atoms with Crippen LogP contribution < -0.4 is 5.32 Å². The van der Waals surface area contributed by atoms with E-state index in [1.165, 1.54) is 38.5 Å². The molecule has 21 heavy (non-hydrogen) atoms. The van der Waals surface area contributed by atoms with Crippen molar-refractivity contribution >= 4 is 0 Å². The molecule has 0 heterocycles. The van der Waals surface area contributed by atoms with E-state index in [1.54, 1.807) is 5.56 Å². The summed E-state index contributed by atoms with van der Waals surface area (Å²) in [7, 11) is 0. The van der Waals surface area contributed by atoms with Crippen molar-refractivity contribution in [2.75, 3.05) is 0 Å². The van der Waals surface area contributed by atoms with Crippen LogP contribution in [-0.4, -0.2) is 12.1 Å². The average Bonchev–Trinajstić information content (AvgIpc) is 2.73. The van der Waals surface area contributed by atoms with Crippen LogP contribution in [0.3, 0.4) is 0 Å². The Labute approximate surface area is 130 Å². The first-order valence-corrected chi connectivity index (χ1v) is 8.84. The Bertz CT molecular complexity index is 442. The summed E-state index contributed by atoms with van der Waals surface area (Å²) in [6.45, 7) is 7.29. The van der Waals surface area contributed by atoms with Gasteiger partial charge in [0.2, 0.25) is 0 Å². The van der Waals surface area contributed by atoms with Crippen LogP contribution in [0.1, 0.15) is 70.8 Å². The molecule has 116 valence electrons. The van der Waals surface area contributed by atoms with Gasteiger partial charge in [0.1, 0.15) is 0 Å². The summed E-state index contributed by atoms with van der Waals surface area (Å²) >= 11 is 0. The molecule has 1 aromatic carbocycles. The molecule has 1 heteroatoms. The first-order valence-electron chi connectivity index (χ1n) is 8.84. The summed E-state index contributed by atoms with van der Waals surface area (Å²) in [5.74, 6) is 1.63. The van der Waals surface area contributed by atoms with E-state index in [1.807, 2.05) is 0 Å². The molecular formula is C20H31N. The van der Waals surface area contributed by atoms with E-state index in [0.29, 0.717) is 5.41 Å². The molecule has 1 N–H and O–H groups in total. The van der Waals surface area contributed by atoms with Gasteiger partial charge in [-0.25, -0.2) is 0 Å². The molecule has 0 spiro atoms. The highest BCUT2D eigenvalue weighted by Gasteiger charge is 2.37. The van der Waals surface area contributed by atoms with E-state index in [-0.39, 0.29) is 0 Å². The third-order valence-corrected chi connectivity index (χ3v) is 5.78. The highest BCUT2D eigenvalue weighted by Crippen LogP contribution is 2.42. The molecule has 0 bridgehead atoms. The molecule has 0 aromatic heterocycles. The van der Waals surface area contributed by atoms with E-state index in [2.05, 4.69) is 56.4 Å². The lowest BCUT2D eigenvalue weighted by Crippen LogP contribution is -2.41. The van der Waals surface area contributed by atoms with Gasteiger partial charge in [0.15, 0.2) is 0 Å². The topological polar surface area (TPSA) is 12.0 Å². The number of hydrogen-bond acceptors (Lipinski definition) is 1. The van der Waals surface area contributed by atoms with Crippen molar-refractivity contribution in [3.8, 4) is 0 Å². The monoisotopic (exact) mass is 285 g/mol. The van der Waals surface area contributed by atoms with E-state index in [4.69, 9.17) is 0 Å². The SMILES string of the molecule is CC1CC(C)(C)CC1NC1CCC(c2ccccc2)CC1. The summed E-state index contributed by atoms with van der Waals surface area (Å²) in [5.41, 5.74) is 2.09. The lowest BCUT2D eigenvalue weighted by atomic mass is 9.81. The number of hydrogen-bond donors (Lipinski definition) is 1. The molecule has 2 unspecified atom stereocenters. The summed E-state index contributed by atoms with van der Waals surface area (Å²) in [5, 5.41) is 4.00. The molecule has 2 atom stereocenters. The van der Waals surface area contributed by atoms with Crippen molar-refractivity contribution in [1.29, 1.82) is 0 Å². The zero-order chi connectivity index (χ0) is 14.9. The molecule has 3 rings (SSSR count). The first kappa shape index (κ1) is 15.1. The minimum absolute atomic E-state index is 0.540. The van der Waals surface area contributed by atoms with E-state index < -0.39 is 0 Å². The van der Waals surface area contributed by atoms with Gasteiger partial charge in [0, 0.05) is 12.1 Å². The fourth-order valence-electron chi connectivity index (χ4n) is 4.74. The number of nitrogens with one attached hydrogen (secondary N) is 1. The standard InChI is InChI=1S/C20H31N/c1-15-13-20(2,3)14-19(15)21-18-11-9-17(10-12-18)16-7-5-4-6-8-16/h4-8,15,17-19,21H,9-14H2,1-3H3. The molecule has 2 fully saturated rings. The second-order valence-electron chi connectivity index (χ2n) is 8.28. The van der Waals surface area contributed by atoms with Crippen LogP contribution in [0.15, 0.2) is 30.3 Å². The van der Waals surface area contributed by atoms with Gasteiger partial charge in [-0.1, -0.05) is 51.1 Å². The highest BCUT2D eigenvalue weighted by atomic mass is 15.0. The lowest BCUT2D eigenvalue weighted by Gasteiger charge is -2.32. The van der Waals surface area contributed by atoms with E-state index in [0.717, 1.165) is 23.9 Å². The highest BCUT2D eigenvalue weighted by molar-refractivity contribution is 5.20. The third kappa shape index (κ3) is 3.69. The maximum Gasteiger partial charge on any atom is 0.0101 e. The summed E-state index contributed by atoms with van der Waals surface area (Å²) in [6, 6.07) is 12.6. The van der Waals surface area contributed by atoms with Gasteiger partial charge < -0.3 is 5.32 Å². The molecule has 1 aromatic rings. The van der Waals surface area contributed by atoms with Crippen LogP contribution >= 0.6 is 0 Å². The predicted octanol–water partition coefficient (Wildman–Crippen LogP) is 5.13. The summed E-state index contributed by atoms with van der Waals surface area (Å²) in [4.78, 5) is 0. The van der Waals surface area contributed by atoms with Crippen LogP contribution in [0.25, 0.3) is 0 Å². The Balaban J connectivity index is 1.50. The van der Waals surface area contributed by atoms with Crippen molar-refractivity contribution in [1.82, 2.24) is 5.32 Å². The Morgan fingerprint density at radius 2 is 1.62 bits per heavy atom. The molecule has 2 aliphatic carbocycles. The first-order chi connectivity index (χ1) is 10.0. The second-order valence-corrected chi connectivity index (χ2v) is 8.28. The number of benzene rings is 1. The predicted molar refractivity (Wildman–Crippen MR) is 90.5 cm³/mol. The largest absolute Gasteiger partial charge is 0.311 e. The van der Waals surface area contributed by atoms with Gasteiger partial charge in [0.25, 0.3) is 0 Å². The molecule has 1 nitrogen and oxygen atoms in total. The zero-order valence-corrected chi connectivity index (χ0v) is 13.9. The molecule has 2 saturated carbocycles. The van der Waals surface area contributed by atoms with Gasteiger partial charge >= 0.3 is 0 Å². The van der Waals surface area contributed by atoms with Gasteiger partial charge in [-0.05, 0) is 61.3 Å². The maximum atomic E-state index is 4.00. The van der Waals surface area contributed by atoms with Crippen LogP contribution in [0.4, 0.5) is 0 Å². The number of rotatable bonds is 3. The Morgan fingerprint density at radius 3 is 2.19 bits per heavy atom. The molecule has 0 saturated heterocycles. The minimum Gasteiger partial charge on any atom is -0.311 e. The Morgan fingerprint density at radius 1 is 0.952 bits per heavy atom. The van der Waals surface area contributed by atoms with Crippen molar-refractivity contribution in [3.63, 3.8) is 0 Å².